The number of piperidine rings is 1. The summed E-state index contributed by atoms with van der Waals surface area (Å²) in [5, 5.41) is 11.5. The molecule has 1 aromatic rings. The molecule has 0 aromatic carbocycles. The van der Waals surface area contributed by atoms with Crippen molar-refractivity contribution in [3.8, 4) is 0 Å². The summed E-state index contributed by atoms with van der Waals surface area (Å²) in [5.41, 5.74) is -0.706. The third kappa shape index (κ3) is 7.92. The van der Waals surface area contributed by atoms with Crippen molar-refractivity contribution in [3.63, 3.8) is 0 Å². The van der Waals surface area contributed by atoms with Crippen LogP contribution in [0, 0.1) is 5.92 Å². The van der Waals surface area contributed by atoms with Gasteiger partial charge in [-0.3, -0.25) is 14.4 Å². The minimum Gasteiger partial charge on any atom is -0.444 e. The summed E-state index contributed by atoms with van der Waals surface area (Å²) >= 11 is 0. The van der Waals surface area contributed by atoms with Crippen molar-refractivity contribution in [2.24, 2.45) is 5.92 Å². The van der Waals surface area contributed by atoms with E-state index in [0.29, 0.717) is 19.6 Å². The fraction of sp³-hybridized carbons (Fsp3) is 0.632. The quantitative estimate of drug-likeness (QED) is 0.634. The monoisotopic (exact) mass is 407 g/mol. The van der Waals surface area contributed by atoms with Crippen molar-refractivity contribution in [3.05, 3.63) is 28.2 Å². The van der Waals surface area contributed by atoms with Gasteiger partial charge in [0.2, 0.25) is 5.91 Å². The Morgan fingerprint density at radius 1 is 1.21 bits per heavy atom. The van der Waals surface area contributed by atoms with E-state index in [0.717, 1.165) is 12.8 Å². The second-order valence-corrected chi connectivity index (χ2v) is 8.02. The molecule has 0 aliphatic carbocycles. The van der Waals surface area contributed by atoms with Crippen LogP contribution in [0.25, 0.3) is 0 Å². The normalized spacial score (nSPS) is 14.9. The van der Waals surface area contributed by atoms with Gasteiger partial charge in [0, 0.05) is 38.7 Å². The Morgan fingerprint density at radius 3 is 2.48 bits per heavy atom. The first-order chi connectivity index (χ1) is 13.6. The standard InChI is InChI=1S/C19H29N5O5/c1-19(2,3)29-18(28)20-9-6-15(25)21-12-13-7-10-24(11-8-13)17(27)14-4-5-16(26)23-22-14/h4-5,13H,6-12H2,1-3H3,(H,20,28)(H,21,25)(H,23,26). The topological polar surface area (TPSA) is 133 Å². The predicted octanol–water partition coefficient (Wildman–Crippen LogP) is 0.653. The highest BCUT2D eigenvalue weighted by Gasteiger charge is 2.24. The zero-order chi connectivity index (χ0) is 21.4. The summed E-state index contributed by atoms with van der Waals surface area (Å²) in [4.78, 5) is 48.6. The minimum absolute atomic E-state index is 0.142. The third-order valence-electron chi connectivity index (χ3n) is 4.41. The third-order valence-corrected chi connectivity index (χ3v) is 4.41. The number of amides is 3. The number of aromatic amines is 1. The summed E-state index contributed by atoms with van der Waals surface area (Å²) < 4.78 is 5.11. The fourth-order valence-corrected chi connectivity index (χ4v) is 2.90. The fourth-order valence-electron chi connectivity index (χ4n) is 2.90. The number of carbonyl (C=O) groups is 3. The van der Waals surface area contributed by atoms with Crippen molar-refractivity contribution >= 4 is 17.9 Å². The van der Waals surface area contributed by atoms with Crippen molar-refractivity contribution in [2.75, 3.05) is 26.2 Å². The van der Waals surface area contributed by atoms with Crippen molar-refractivity contribution in [1.29, 1.82) is 0 Å². The van der Waals surface area contributed by atoms with E-state index >= 15 is 0 Å². The molecule has 0 atom stereocenters. The van der Waals surface area contributed by atoms with E-state index in [1.807, 2.05) is 0 Å². The van der Waals surface area contributed by atoms with Gasteiger partial charge in [0.05, 0.1) is 0 Å². The minimum atomic E-state index is -0.573. The summed E-state index contributed by atoms with van der Waals surface area (Å²) in [6.07, 6.45) is 1.17. The molecule has 0 spiro atoms. The second-order valence-electron chi connectivity index (χ2n) is 8.02. The van der Waals surface area contributed by atoms with Crippen LogP contribution in [0.5, 0.6) is 0 Å². The highest BCUT2D eigenvalue weighted by atomic mass is 16.6. The molecule has 0 bridgehead atoms. The van der Waals surface area contributed by atoms with Crippen LogP contribution < -0.4 is 16.2 Å². The number of aromatic nitrogens is 2. The largest absolute Gasteiger partial charge is 0.444 e. The summed E-state index contributed by atoms with van der Waals surface area (Å²) in [7, 11) is 0. The van der Waals surface area contributed by atoms with Gasteiger partial charge in [-0.1, -0.05) is 0 Å². The van der Waals surface area contributed by atoms with Crippen molar-refractivity contribution < 1.29 is 19.1 Å². The number of hydrogen-bond donors (Lipinski definition) is 3. The first-order valence-electron chi connectivity index (χ1n) is 9.72. The molecular formula is C19H29N5O5. The Kier molecular flexibility index (Phi) is 7.74. The Bertz CT molecular complexity index is 757. The maximum Gasteiger partial charge on any atom is 0.407 e. The van der Waals surface area contributed by atoms with E-state index in [1.165, 1.54) is 12.1 Å². The first-order valence-corrected chi connectivity index (χ1v) is 9.72. The predicted molar refractivity (Wildman–Crippen MR) is 105 cm³/mol. The van der Waals surface area contributed by atoms with Gasteiger partial charge in [-0.25, -0.2) is 9.89 Å². The highest BCUT2D eigenvalue weighted by molar-refractivity contribution is 5.92. The molecule has 0 radical (unpaired) electrons. The van der Waals surface area contributed by atoms with Crippen LogP contribution in [0.4, 0.5) is 4.79 Å². The van der Waals surface area contributed by atoms with Crippen LogP contribution >= 0.6 is 0 Å². The molecule has 2 rings (SSSR count). The zero-order valence-electron chi connectivity index (χ0n) is 17.1. The van der Waals surface area contributed by atoms with Gasteiger partial charge in [0.15, 0.2) is 0 Å². The molecule has 0 unspecified atom stereocenters. The number of nitrogens with one attached hydrogen (secondary N) is 3. The molecule has 160 valence electrons. The van der Waals surface area contributed by atoms with E-state index in [-0.39, 0.29) is 42.0 Å². The second kappa shape index (κ2) is 10.0. The van der Waals surface area contributed by atoms with Gasteiger partial charge in [-0.15, -0.1) is 0 Å². The van der Waals surface area contributed by atoms with Gasteiger partial charge in [-0.2, -0.15) is 5.10 Å². The number of H-pyrrole nitrogens is 1. The molecule has 3 amide bonds. The number of carbonyl (C=O) groups excluding carboxylic acids is 3. The van der Waals surface area contributed by atoms with Crippen LogP contribution in [0.1, 0.15) is 50.5 Å². The maximum atomic E-state index is 12.4. The van der Waals surface area contributed by atoms with E-state index in [9.17, 15) is 19.2 Å². The van der Waals surface area contributed by atoms with Crippen LogP contribution in [0.15, 0.2) is 16.9 Å². The number of alkyl carbamates (subject to hydrolysis) is 1. The molecular weight excluding hydrogens is 378 g/mol. The molecule has 10 heteroatoms. The molecule has 1 aliphatic rings. The van der Waals surface area contributed by atoms with Crippen molar-refractivity contribution in [2.45, 2.75) is 45.6 Å². The lowest BCUT2D eigenvalue weighted by atomic mass is 9.96. The van der Waals surface area contributed by atoms with E-state index in [1.54, 1.807) is 25.7 Å². The molecule has 3 N–H and O–H groups in total. The van der Waals surface area contributed by atoms with Crippen LogP contribution in [0.2, 0.25) is 0 Å². The average Bonchev–Trinajstić information content (AvgIpc) is 2.65. The zero-order valence-corrected chi connectivity index (χ0v) is 17.1. The number of hydrogen-bond acceptors (Lipinski definition) is 6. The van der Waals surface area contributed by atoms with Gasteiger partial charge in [0.1, 0.15) is 11.3 Å². The highest BCUT2D eigenvalue weighted by Crippen LogP contribution is 2.17. The number of ether oxygens (including phenoxy) is 1. The maximum absolute atomic E-state index is 12.4. The van der Waals surface area contributed by atoms with Gasteiger partial charge < -0.3 is 20.3 Å². The van der Waals surface area contributed by atoms with Crippen molar-refractivity contribution in [1.82, 2.24) is 25.7 Å². The molecule has 1 aromatic heterocycles. The van der Waals surface area contributed by atoms with Gasteiger partial charge in [0.25, 0.3) is 11.5 Å². The van der Waals surface area contributed by atoms with Crippen LogP contribution in [-0.2, 0) is 9.53 Å². The molecule has 1 aliphatic heterocycles. The lowest BCUT2D eigenvalue weighted by molar-refractivity contribution is -0.121. The average molecular weight is 407 g/mol. The lowest BCUT2D eigenvalue weighted by Gasteiger charge is -2.31. The summed E-state index contributed by atoms with van der Waals surface area (Å²) in [6, 6.07) is 2.69. The molecule has 1 saturated heterocycles. The Balaban J connectivity index is 1.63. The Morgan fingerprint density at radius 2 is 1.90 bits per heavy atom. The van der Waals surface area contributed by atoms with Crippen LogP contribution in [-0.4, -0.2) is 64.8 Å². The summed E-state index contributed by atoms with van der Waals surface area (Å²) in [5.74, 6) is -0.0701. The van der Waals surface area contributed by atoms with E-state index in [4.69, 9.17) is 4.74 Å². The molecule has 10 nitrogen and oxygen atoms in total. The van der Waals surface area contributed by atoms with E-state index < -0.39 is 11.7 Å². The Hall–Kier alpha value is -2.91. The molecule has 1 fully saturated rings. The SMILES string of the molecule is CC(C)(C)OC(=O)NCCC(=O)NCC1CCN(C(=O)c2ccc(=O)[nH]n2)CC1. The van der Waals surface area contributed by atoms with Gasteiger partial charge in [-0.05, 0) is 45.6 Å². The summed E-state index contributed by atoms with van der Waals surface area (Å²) in [6.45, 7) is 7.20. The van der Waals surface area contributed by atoms with Gasteiger partial charge >= 0.3 is 6.09 Å². The number of likely N-dealkylation sites (tertiary alicyclic amines) is 1. The smallest absolute Gasteiger partial charge is 0.407 e. The molecule has 2 heterocycles. The molecule has 0 saturated carbocycles. The number of nitrogens with zero attached hydrogens (tertiary/aromatic N) is 2. The number of rotatable bonds is 6. The van der Waals surface area contributed by atoms with Crippen LogP contribution in [0.3, 0.4) is 0 Å². The van der Waals surface area contributed by atoms with E-state index in [2.05, 4.69) is 20.8 Å². The first kappa shape index (κ1) is 22.4. The molecule has 29 heavy (non-hydrogen) atoms. The lowest BCUT2D eigenvalue weighted by Crippen LogP contribution is -2.42. The Labute approximate surface area is 169 Å².